The van der Waals surface area contributed by atoms with Crippen molar-refractivity contribution in [1.82, 2.24) is 0 Å². The summed E-state index contributed by atoms with van der Waals surface area (Å²) in [5.74, 6) is 1.06. The van der Waals surface area contributed by atoms with E-state index in [4.69, 9.17) is 4.74 Å². The Morgan fingerprint density at radius 3 is 2.11 bits per heavy atom. The molecule has 0 aromatic heterocycles. The van der Waals surface area contributed by atoms with Crippen LogP contribution in [-0.2, 0) is 18.2 Å². The Labute approximate surface area is 230 Å². The fourth-order valence-corrected chi connectivity index (χ4v) is 7.16. The summed E-state index contributed by atoms with van der Waals surface area (Å²) in [6.07, 6.45) is 5.86. The van der Waals surface area contributed by atoms with Crippen LogP contribution in [0.2, 0.25) is 0 Å². The number of para-hydroxylation sites is 2. The van der Waals surface area contributed by atoms with Gasteiger partial charge in [-0.3, -0.25) is 0 Å². The third-order valence-corrected chi connectivity index (χ3v) is 9.74. The van der Waals surface area contributed by atoms with E-state index in [1.165, 1.54) is 65.6 Å². The second kappa shape index (κ2) is 12.6. The van der Waals surface area contributed by atoms with E-state index in [9.17, 15) is 0 Å². The number of nitrogens with zero attached hydrogens (tertiary/aromatic N) is 1. The van der Waals surface area contributed by atoms with Crippen molar-refractivity contribution in [2.24, 2.45) is 0 Å². The van der Waals surface area contributed by atoms with Gasteiger partial charge in [0, 0.05) is 35.9 Å². The van der Waals surface area contributed by atoms with Crippen molar-refractivity contribution >= 4 is 19.6 Å². The molecule has 2 atom stereocenters. The maximum Gasteiger partial charge on any atom is 0.127 e. The van der Waals surface area contributed by atoms with Gasteiger partial charge >= 0.3 is 0 Å². The summed E-state index contributed by atoms with van der Waals surface area (Å²) in [7, 11) is 0.659. The zero-order chi connectivity index (χ0) is 26.2. The molecule has 1 fully saturated rings. The van der Waals surface area contributed by atoms with Crippen LogP contribution in [0.4, 0.5) is 5.69 Å². The fraction of sp³-hybridized carbons (Fsp3) is 0.314. The molecular weight excluding hydrogens is 481 g/mol. The van der Waals surface area contributed by atoms with Crippen LogP contribution in [0.3, 0.4) is 0 Å². The Bertz CT molecular complexity index is 1300. The van der Waals surface area contributed by atoms with Gasteiger partial charge in [-0.05, 0) is 53.7 Å². The molecule has 4 aromatic rings. The standard InChI is InChI=1S/C35H40NOP/c1-3-35(2,38-33-23-12-11-22-32(33)36-24-13-6-14-25-36)31-21-15-20-30(26-28-16-7-4-8-17-28)34(31)37-27-29-18-9-5-10-19-29/h4-5,7-12,15-23,38H,3,6,13-14,24-27H2,1-2H3. The highest BCUT2D eigenvalue weighted by molar-refractivity contribution is 7.49. The number of piperidine rings is 1. The van der Waals surface area contributed by atoms with Gasteiger partial charge < -0.3 is 9.64 Å². The van der Waals surface area contributed by atoms with E-state index in [-0.39, 0.29) is 5.16 Å². The third kappa shape index (κ3) is 6.30. The lowest BCUT2D eigenvalue weighted by atomic mass is 9.92. The first-order valence-corrected chi connectivity index (χ1v) is 15.1. The molecule has 196 valence electrons. The number of ether oxygens (including phenoxy) is 1. The molecule has 0 radical (unpaired) electrons. The van der Waals surface area contributed by atoms with Gasteiger partial charge in [0.25, 0.3) is 0 Å². The first-order chi connectivity index (χ1) is 18.7. The minimum atomic E-state index is -0.0232. The Kier molecular flexibility index (Phi) is 8.82. The molecule has 0 bridgehead atoms. The summed E-state index contributed by atoms with van der Waals surface area (Å²) in [6, 6.07) is 37.2. The van der Waals surface area contributed by atoms with E-state index in [0.29, 0.717) is 15.2 Å². The maximum atomic E-state index is 6.75. The van der Waals surface area contributed by atoms with Gasteiger partial charge in [-0.25, -0.2) is 0 Å². The summed E-state index contributed by atoms with van der Waals surface area (Å²) >= 11 is 0. The summed E-state index contributed by atoms with van der Waals surface area (Å²) < 4.78 is 6.75. The number of hydrogen-bond donors (Lipinski definition) is 0. The fourth-order valence-electron chi connectivity index (χ4n) is 5.51. The monoisotopic (exact) mass is 521 g/mol. The topological polar surface area (TPSA) is 12.5 Å². The van der Waals surface area contributed by atoms with Gasteiger partial charge in [0.2, 0.25) is 0 Å². The second-order valence-electron chi connectivity index (χ2n) is 10.6. The smallest absolute Gasteiger partial charge is 0.127 e. The van der Waals surface area contributed by atoms with Crippen molar-refractivity contribution in [2.45, 2.75) is 57.7 Å². The molecule has 5 rings (SSSR count). The molecule has 2 unspecified atom stereocenters. The van der Waals surface area contributed by atoms with Crippen LogP contribution in [0.5, 0.6) is 5.75 Å². The van der Waals surface area contributed by atoms with Crippen molar-refractivity contribution in [1.29, 1.82) is 0 Å². The minimum Gasteiger partial charge on any atom is -0.488 e. The summed E-state index contributed by atoms with van der Waals surface area (Å²) in [5, 5.41) is 1.45. The van der Waals surface area contributed by atoms with E-state index in [1.54, 1.807) is 0 Å². The highest BCUT2D eigenvalue weighted by atomic mass is 31.1. The van der Waals surface area contributed by atoms with Crippen LogP contribution in [0.1, 0.15) is 61.8 Å². The van der Waals surface area contributed by atoms with Crippen molar-refractivity contribution in [3.05, 3.63) is 125 Å². The molecule has 0 spiro atoms. The summed E-state index contributed by atoms with van der Waals surface area (Å²) in [6.45, 7) is 7.69. The number of rotatable bonds is 10. The zero-order valence-electron chi connectivity index (χ0n) is 22.8. The summed E-state index contributed by atoms with van der Waals surface area (Å²) in [4.78, 5) is 2.61. The normalized spacial score (nSPS) is 15.5. The average Bonchev–Trinajstić information content (AvgIpc) is 2.98. The van der Waals surface area contributed by atoms with Gasteiger partial charge in [0.1, 0.15) is 12.4 Å². The maximum absolute atomic E-state index is 6.75. The van der Waals surface area contributed by atoms with Gasteiger partial charge in [-0.2, -0.15) is 0 Å². The molecule has 3 heteroatoms. The summed E-state index contributed by atoms with van der Waals surface area (Å²) in [5.41, 5.74) is 6.53. The van der Waals surface area contributed by atoms with Gasteiger partial charge in [-0.1, -0.05) is 119 Å². The Balaban J connectivity index is 1.52. The molecule has 4 aromatic carbocycles. The van der Waals surface area contributed by atoms with Crippen LogP contribution >= 0.6 is 8.58 Å². The van der Waals surface area contributed by atoms with Gasteiger partial charge in [0.05, 0.1) is 0 Å². The predicted octanol–water partition coefficient (Wildman–Crippen LogP) is 8.48. The molecule has 1 aliphatic rings. The number of hydrogen-bond acceptors (Lipinski definition) is 2. The lowest BCUT2D eigenvalue weighted by Gasteiger charge is -2.35. The van der Waals surface area contributed by atoms with E-state index >= 15 is 0 Å². The molecule has 0 aliphatic carbocycles. The quantitative estimate of drug-likeness (QED) is 0.194. The van der Waals surface area contributed by atoms with Crippen LogP contribution in [0, 0.1) is 0 Å². The minimum absolute atomic E-state index is 0.0232. The Hall–Kier alpha value is -3.09. The molecular formula is C35H40NOP. The molecule has 0 N–H and O–H groups in total. The average molecular weight is 522 g/mol. The van der Waals surface area contributed by atoms with E-state index < -0.39 is 0 Å². The van der Waals surface area contributed by atoms with E-state index in [2.05, 4.69) is 122 Å². The first-order valence-electron chi connectivity index (χ1n) is 14.1. The van der Waals surface area contributed by atoms with Crippen LogP contribution in [0.15, 0.2) is 103 Å². The Morgan fingerprint density at radius 1 is 0.737 bits per heavy atom. The lowest BCUT2D eigenvalue weighted by Crippen LogP contribution is -2.33. The van der Waals surface area contributed by atoms with Crippen molar-refractivity contribution in [3.63, 3.8) is 0 Å². The molecule has 2 nitrogen and oxygen atoms in total. The van der Waals surface area contributed by atoms with Crippen LogP contribution < -0.4 is 14.9 Å². The van der Waals surface area contributed by atoms with Gasteiger partial charge in [-0.15, -0.1) is 0 Å². The molecule has 38 heavy (non-hydrogen) atoms. The molecule has 1 saturated heterocycles. The van der Waals surface area contributed by atoms with Crippen LogP contribution in [-0.4, -0.2) is 13.1 Å². The zero-order valence-corrected chi connectivity index (χ0v) is 23.8. The van der Waals surface area contributed by atoms with E-state index in [0.717, 1.165) is 18.6 Å². The molecule has 0 amide bonds. The SMILES string of the molecule is CCC(C)(Pc1ccccc1N1CCCCC1)c1cccc(Cc2ccccc2)c1OCc1ccccc1. The highest BCUT2D eigenvalue weighted by Crippen LogP contribution is 2.49. The number of anilines is 1. The van der Waals surface area contributed by atoms with Crippen molar-refractivity contribution in [3.8, 4) is 5.75 Å². The molecule has 0 saturated carbocycles. The number of benzene rings is 4. The van der Waals surface area contributed by atoms with Gasteiger partial charge in [0.15, 0.2) is 0 Å². The predicted molar refractivity (Wildman–Crippen MR) is 165 cm³/mol. The van der Waals surface area contributed by atoms with E-state index in [1.807, 2.05) is 0 Å². The van der Waals surface area contributed by atoms with Crippen molar-refractivity contribution in [2.75, 3.05) is 18.0 Å². The van der Waals surface area contributed by atoms with Crippen LogP contribution in [0.25, 0.3) is 0 Å². The second-order valence-corrected chi connectivity index (χ2v) is 12.5. The first kappa shape index (κ1) is 26.5. The molecule has 1 heterocycles. The highest BCUT2D eigenvalue weighted by Gasteiger charge is 2.31. The largest absolute Gasteiger partial charge is 0.488 e. The molecule has 1 aliphatic heterocycles. The Morgan fingerprint density at radius 2 is 1.39 bits per heavy atom. The van der Waals surface area contributed by atoms with Crippen molar-refractivity contribution < 1.29 is 4.74 Å². The third-order valence-electron chi connectivity index (χ3n) is 7.87. The lowest BCUT2D eigenvalue weighted by molar-refractivity contribution is 0.297.